The first-order valence-electron chi connectivity index (χ1n) is 18.9. The van der Waals surface area contributed by atoms with E-state index in [1.165, 1.54) is 89.9 Å². The molecule has 248 valence electrons. The second-order valence-electron chi connectivity index (χ2n) is 15.8. The molecule has 4 aliphatic carbocycles. The number of hydrogen-bond donors (Lipinski definition) is 3. The third-order valence-corrected chi connectivity index (χ3v) is 12.5. The average molecular weight is 600 g/mol. The summed E-state index contributed by atoms with van der Waals surface area (Å²) >= 11 is 0. The van der Waals surface area contributed by atoms with Crippen LogP contribution in [0.2, 0.25) is 0 Å². The summed E-state index contributed by atoms with van der Waals surface area (Å²) < 4.78 is 5.96. The van der Waals surface area contributed by atoms with Crippen LogP contribution in [0.1, 0.15) is 143 Å². The van der Waals surface area contributed by atoms with Gasteiger partial charge in [-0.3, -0.25) is 0 Å². The molecule has 1 amide bonds. The highest BCUT2D eigenvalue weighted by Crippen LogP contribution is 2.63. The molecule has 4 rings (SSSR count). The molecular weight excluding hydrogens is 530 g/mol. The van der Waals surface area contributed by atoms with Crippen molar-refractivity contribution in [1.29, 1.82) is 0 Å². The molecule has 0 aromatic heterocycles. The van der Waals surface area contributed by atoms with Crippen molar-refractivity contribution in [3.63, 3.8) is 0 Å². The third-order valence-electron chi connectivity index (χ3n) is 12.5. The van der Waals surface area contributed by atoms with Crippen molar-refractivity contribution in [2.45, 2.75) is 149 Å². The van der Waals surface area contributed by atoms with E-state index in [1.807, 2.05) is 0 Å². The number of ether oxygens (including phenoxy) is 1. The SMILES string of the molecule is CC(C)CCC[C@@H](C)[C@H]1CC[C@@H]2[C@@H]1CC[C@H]1[C@H]2CC=C2C[C@@H](OC(=O)NCCCNCCCCCCCCN)CC[C@@]21C. The predicted molar refractivity (Wildman–Crippen MR) is 181 cm³/mol. The Kier molecular flexibility index (Phi) is 14.2. The first-order valence-corrected chi connectivity index (χ1v) is 18.9. The van der Waals surface area contributed by atoms with Crippen LogP contribution in [0.5, 0.6) is 0 Å². The molecule has 0 spiro atoms. The number of alkyl carbamates (subject to hydrolysis) is 1. The van der Waals surface area contributed by atoms with Gasteiger partial charge in [-0.2, -0.15) is 0 Å². The van der Waals surface area contributed by atoms with Crippen LogP contribution in [0.4, 0.5) is 4.79 Å². The Bertz CT molecular complexity index is 858. The number of nitrogens with one attached hydrogen (secondary N) is 2. The molecule has 3 saturated carbocycles. The lowest BCUT2D eigenvalue weighted by atomic mass is 9.50. The molecule has 0 saturated heterocycles. The Morgan fingerprint density at radius 2 is 1.63 bits per heavy atom. The van der Waals surface area contributed by atoms with Gasteiger partial charge in [0.15, 0.2) is 0 Å². The van der Waals surface area contributed by atoms with Gasteiger partial charge in [-0.05, 0) is 131 Å². The minimum Gasteiger partial charge on any atom is -0.446 e. The minimum atomic E-state index is -0.222. The Morgan fingerprint density at radius 3 is 2.42 bits per heavy atom. The fraction of sp³-hybridized carbons (Fsp3) is 0.921. The summed E-state index contributed by atoms with van der Waals surface area (Å²) in [6.07, 6.45) is 25.4. The van der Waals surface area contributed by atoms with Crippen LogP contribution in [0.3, 0.4) is 0 Å². The summed E-state index contributed by atoms with van der Waals surface area (Å²) in [6.45, 7) is 13.4. The van der Waals surface area contributed by atoms with Crippen molar-refractivity contribution in [1.82, 2.24) is 10.6 Å². The van der Waals surface area contributed by atoms with Gasteiger partial charge in [0.1, 0.15) is 6.10 Å². The molecule has 8 atom stereocenters. The van der Waals surface area contributed by atoms with Gasteiger partial charge in [0.2, 0.25) is 0 Å². The maximum Gasteiger partial charge on any atom is 0.407 e. The van der Waals surface area contributed by atoms with E-state index < -0.39 is 0 Å². The molecule has 0 unspecified atom stereocenters. The molecule has 4 aliphatic rings. The van der Waals surface area contributed by atoms with Crippen LogP contribution in [0.25, 0.3) is 0 Å². The molecule has 0 aromatic rings. The van der Waals surface area contributed by atoms with Crippen LogP contribution >= 0.6 is 0 Å². The van der Waals surface area contributed by atoms with Gasteiger partial charge in [0.25, 0.3) is 0 Å². The largest absolute Gasteiger partial charge is 0.446 e. The molecule has 0 aliphatic heterocycles. The van der Waals surface area contributed by atoms with E-state index in [4.69, 9.17) is 10.5 Å². The summed E-state index contributed by atoms with van der Waals surface area (Å²) in [5.74, 6) is 6.36. The lowest BCUT2D eigenvalue weighted by Crippen LogP contribution is -2.48. The number of carbonyl (C=O) groups is 1. The van der Waals surface area contributed by atoms with Gasteiger partial charge < -0.3 is 21.1 Å². The number of fused-ring (bicyclic) bond motifs is 5. The van der Waals surface area contributed by atoms with Gasteiger partial charge >= 0.3 is 6.09 Å². The van der Waals surface area contributed by atoms with Crippen LogP contribution < -0.4 is 16.4 Å². The molecule has 3 fully saturated rings. The number of allylic oxidation sites excluding steroid dienone is 1. The van der Waals surface area contributed by atoms with Crippen molar-refractivity contribution in [2.24, 2.45) is 52.6 Å². The van der Waals surface area contributed by atoms with E-state index >= 15 is 0 Å². The maximum absolute atomic E-state index is 12.6. The third kappa shape index (κ3) is 9.71. The minimum absolute atomic E-state index is 0.0396. The molecule has 43 heavy (non-hydrogen) atoms. The highest BCUT2D eigenvalue weighted by molar-refractivity contribution is 5.67. The molecule has 5 nitrogen and oxygen atoms in total. The standard InChI is InChI=1S/C38H69N3O2/c1-28(2)13-11-14-29(3)32-17-18-34-33(32)19-20-36-35(34)16-15-30-27-31(21-22-38(30,36)4)43-37(42)41-26-12-25-40-24-10-8-6-5-7-9-23-39/h15,28-29,31-36,40H,5-14,16-27,39H2,1-4H3,(H,41,42)/t29-,31+,32-,33-,34-,35+,36+,38+/m1/s1. The van der Waals surface area contributed by atoms with Crippen LogP contribution in [0.15, 0.2) is 11.6 Å². The number of hydrogen-bond acceptors (Lipinski definition) is 4. The van der Waals surface area contributed by atoms with Gasteiger partial charge in [0.05, 0.1) is 0 Å². The van der Waals surface area contributed by atoms with E-state index in [2.05, 4.69) is 44.4 Å². The Labute approximate surface area is 265 Å². The van der Waals surface area contributed by atoms with Crippen molar-refractivity contribution < 1.29 is 9.53 Å². The fourth-order valence-corrected chi connectivity index (χ4v) is 10.0. The predicted octanol–water partition coefficient (Wildman–Crippen LogP) is 9.01. The van der Waals surface area contributed by atoms with Crippen molar-refractivity contribution in [3.8, 4) is 0 Å². The average Bonchev–Trinajstić information content (AvgIpc) is 3.42. The Hall–Kier alpha value is -1.07. The van der Waals surface area contributed by atoms with Crippen LogP contribution in [0, 0.1) is 46.8 Å². The number of amides is 1. The van der Waals surface area contributed by atoms with E-state index in [1.54, 1.807) is 5.57 Å². The van der Waals surface area contributed by atoms with Crippen molar-refractivity contribution in [3.05, 3.63) is 11.6 Å². The lowest BCUT2D eigenvalue weighted by molar-refractivity contribution is -0.0182. The Balaban J connectivity index is 1.14. The first-order chi connectivity index (χ1) is 20.8. The molecule has 5 heteroatoms. The molecular formula is C38H69N3O2. The first kappa shape index (κ1) is 34.8. The van der Waals surface area contributed by atoms with Crippen LogP contribution in [-0.2, 0) is 4.74 Å². The maximum atomic E-state index is 12.6. The molecule has 0 radical (unpaired) electrons. The summed E-state index contributed by atoms with van der Waals surface area (Å²) in [5, 5.41) is 6.53. The summed E-state index contributed by atoms with van der Waals surface area (Å²) in [7, 11) is 0. The van der Waals surface area contributed by atoms with Crippen LogP contribution in [-0.4, -0.2) is 38.4 Å². The van der Waals surface area contributed by atoms with Gasteiger partial charge in [-0.15, -0.1) is 0 Å². The summed E-state index contributed by atoms with van der Waals surface area (Å²) in [4.78, 5) is 12.6. The van der Waals surface area contributed by atoms with E-state index in [-0.39, 0.29) is 12.2 Å². The Morgan fingerprint density at radius 1 is 0.884 bits per heavy atom. The fourth-order valence-electron chi connectivity index (χ4n) is 10.0. The van der Waals surface area contributed by atoms with E-state index in [9.17, 15) is 4.79 Å². The summed E-state index contributed by atoms with van der Waals surface area (Å²) in [6, 6.07) is 0. The zero-order valence-corrected chi connectivity index (χ0v) is 28.6. The lowest BCUT2D eigenvalue weighted by Gasteiger charge is -2.55. The zero-order valence-electron chi connectivity index (χ0n) is 28.6. The molecule has 4 N–H and O–H groups in total. The second-order valence-corrected chi connectivity index (χ2v) is 15.8. The zero-order chi connectivity index (χ0) is 30.7. The molecule has 0 heterocycles. The summed E-state index contributed by atoms with van der Waals surface area (Å²) in [5.41, 5.74) is 7.48. The molecule has 0 bridgehead atoms. The quantitative estimate of drug-likeness (QED) is 0.109. The smallest absolute Gasteiger partial charge is 0.407 e. The molecule has 0 aromatic carbocycles. The van der Waals surface area contributed by atoms with Crippen molar-refractivity contribution >= 4 is 6.09 Å². The number of rotatable bonds is 18. The normalized spacial score (nSPS) is 32.5. The highest BCUT2D eigenvalue weighted by atomic mass is 16.6. The van der Waals surface area contributed by atoms with Gasteiger partial charge in [-0.1, -0.05) is 84.3 Å². The van der Waals surface area contributed by atoms with Gasteiger partial charge in [0, 0.05) is 13.0 Å². The van der Waals surface area contributed by atoms with Crippen molar-refractivity contribution in [2.75, 3.05) is 26.2 Å². The monoisotopic (exact) mass is 600 g/mol. The van der Waals surface area contributed by atoms with E-state index in [0.29, 0.717) is 12.0 Å². The van der Waals surface area contributed by atoms with E-state index in [0.717, 1.165) is 86.7 Å². The number of unbranched alkanes of at least 4 members (excludes halogenated alkanes) is 5. The van der Waals surface area contributed by atoms with Gasteiger partial charge in [-0.25, -0.2) is 4.79 Å². The topological polar surface area (TPSA) is 76.4 Å². The highest BCUT2D eigenvalue weighted by Gasteiger charge is 2.54. The second kappa shape index (κ2) is 17.6. The number of carbonyl (C=O) groups excluding carboxylic acids is 1. The number of nitrogens with two attached hydrogens (primary N) is 1.